The minimum atomic E-state index is -0.0320. The molecule has 0 spiro atoms. The normalized spacial score (nSPS) is 13.7. The molecule has 0 radical (unpaired) electrons. The molecule has 2 aromatic rings. The van der Waals surface area contributed by atoms with Crippen LogP contribution in [-0.2, 0) is 17.6 Å². The van der Waals surface area contributed by atoms with Gasteiger partial charge in [0.1, 0.15) is 5.75 Å². The Morgan fingerprint density at radius 1 is 1.33 bits per heavy atom. The highest BCUT2D eigenvalue weighted by atomic mass is 16.5. The summed E-state index contributed by atoms with van der Waals surface area (Å²) in [5.74, 6) is 1.40. The van der Waals surface area contributed by atoms with E-state index in [1.165, 1.54) is 5.56 Å². The Bertz CT molecular complexity index is 786. The number of rotatable bonds is 4. The zero-order valence-electron chi connectivity index (χ0n) is 14.6. The summed E-state index contributed by atoms with van der Waals surface area (Å²) >= 11 is 0. The molecule has 5 nitrogen and oxygen atoms in total. The van der Waals surface area contributed by atoms with Gasteiger partial charge in [-0.05, 0) is 49.9 Å². The maximum atomic E-state index is 12.1. The average molecular weight is 325 g/mol. The summed E-state index contributed by atoms with van der Waals surface area (Å²) in [5.41, 5.74) is 4.93. The molecule has 3 rings (SSSR count). The lowest BCUT2D eigenvalue weighted by atomic mass is 9.91. The second-order valence-electron chi connectivity index (χ2n) is 6.27. The fraction of sp³-hybridized carbons (Fsp3) is 0.421. The van der Waals surface area contributed by atoms with Crippen LogP contribution in [0.25, 0.3) is 11.3 Å². The molecule has 0 aliphatic heterocycles. The molecule has 24 heavy (non-hydrogen) atoms. The molecule has 1 aliphatic carbocycles. The van der Waals surface area contributed by atoms with Crippen LogP contribution in [0.3, 0.4) is 0 Å². The first-order valence-corrected chi connectivity index (χ1v) is 8.39. The first-order valence-electron chi connectivity index (χ1n) is 8.39. The van der Waals surface area contributed by atoms with Crippen molar-refractivity contribution in [2.45, 2.75) is 40.0 Å². The third kappa shape index (κ3) is 2.98. The molecule has 0 bridgehead atoms. The lowest BCUT2D eigenvalue weighted by Gasteiger charge is -2.21. The predicted molar refractivity (Wildman–Crippen MR) is 94.2 cm³/mol. The molecule has 1 N–H and O–H groups in total. The van der Waals surface area contributed by atoms with E-state index in [4.69, 9.17) is 9.72 Å². The zero-order valence-corrected chi connectivity index (χ0v) is 14.6. The highest BCUT2D eigenvalue weighted by molar-refractivity contribution is 5.92. The highest BCUT2D eigenvalue weighted by Gasteiger charge is 2.22. The van der Waals surface area contributed by atoms with Gasteiger partial charge in [-0.1, -0.05) is 13.8 Å². The van der Waals surface area contributed by atoms with Gasteiger partial charge >= 0.3 is 0 Å². The van der Waals surface area contributed by atoms with Crippen molar-refractivity contribution in [3.63, 3.8) is 0 Å². The minimum Gasteiger partial charge on any atom is -0.497 e. The molecule has 1 aromatic carbocycles. The number of ether oxygens (including phenoxy) is 1. The fourth-order valence-corrected chi connectivity index (χ4v) is 2.88. The van der Waals surface area contributed by atoms with Crippen LogP contribution in [0.15, 0.2) is 18.2 Å². The Morgan fingerprint density at radius 2 is 2.12 bits per heavy atom. The van der Waals surface area contributed by atoms with Gasteiger partial charge in [0, 0.05) is 11.5 Å². The molecule has 1 unspecified atom stereocenters. The number of anilines is 1. The SMILES string of the molecule is CCC(C)C(=O)Nc1nc2c(nc1C)-c1ccc(OC)cc1CC2. The van der Waals surface area contributed by atoms with E-state index in [9.17, 15) is 4.79 Å². The van der Waals surface area contributed by atoms with E-state index in [2.05, 4.69) is 16.4 Å². The second kappa shape index (κ2) is 6.59. The molecule has 1 aromatic heterocycles. The van der Waals surface area contributed by atoms with Crippen molar-refractivity contribution in [1.82, 2.24) is 9.97 Å². The number of amides is 1. The molecular weight excluding hydrogens is 302 g/mol. The maximum absolute atomic E-state index is 12.1. The number of fused-ring (bicyclic) bond motifs is 3. The van der Waals surface area contributed by atoms with Gasteiger partial charge in [0.2, 0.25) is 5.91 Å². The standard InChI is InChI=1S/C19H23N3O2/c1-5-11(2)19(23)22-18-12(3)20-17-15-8-7-14(24-4)10-13(15)6-9-16(17)21-18/h7-8,10-11H,5-6,9H2,1-4H3,(H,21,22,23). The Hall–Kier alpha value is -2.43. The Kier molecular flexibility index (Phi) is 4.51. The topological polar surface area (TPSA) is 64.1 Å². The summed E-state index contributed by atoms with van der Waals surface area (Å²) in [4.78, 5) is 21.6. The van der Waals surface area contributed by atoms with Gasteiger partial charge in [-0.25, -0.2) is 9.97 Å². The maximum Gasteiger partial charge on any atom is 0.228 e. The summed E-state index contributed by atoms with van der Waals surface area (Å²) in [5, 5.41) is 2.92. The van der Waals surface area contributed by atoms with Crippen molar-refractivity contribution in [3.8, 4) is 17.0 Å². The molecule has 1 aliphatic rings. The van der Waals surface area contributed by atoms with E-state index in [1.54, 1.807) is 7.11 Å². The largest absolute Gasteiger partial charge is 0.497 e. The van der Waals surface area contributed by atoms with Gasteiger partial charge in [0.05, 0.1) is 24.2 Å². The number of benzene rings is 1. The van der Waals surface area contributed by atoms with E-state index in [0.29, 0.717) is 5.82 Å². The van der Waals surface area contributed by atoms with Crippen molar-refractivity contribution >= 4 is 11.7 Å². The van der Waals surface area contributed by atoms with Gasteiger partial charge < -0.3 is 10.1 Å². The third-order valence-corrected chi connectivity index (χ3v) is 4.64. The monoisotopic (exact) mass is 325 g/mol. The predicted octanol–water partition coefficient (Wildman–Crippen LogP) is 3.54. The van der Waals surface area contributed by atoms with Crippen molar-refractivity contribution in [3.05, 3.63) is 35.2 Å². The van der Waals surface area contributed by atoms with Crippen LogP contribution < -0.4 is 10.1 Å². The summed E-state index contributed by atoms with van der Waals surface area (Å²) in [6.45, 7) is 5.80. The van der Waals surface area contributed by atoms with Crippen LogP contribution in [0, 0.1) is 12.8 Å². The first-order chi connectivity index (χ1) is 11.5. The number of aryl methyl sites for hydroxylation is 3. The first kappa shape index (κ1) is 16.4. The van der Waals surface area contributed by atoms with Gasteiger partial charge in [-0.2, -0.15) is 0 Å². The van der Waals surface area contributed by atoms with Crippen LogP contribution in [0.4, 0.5) is 5.82 Å². The molecule has 0 saturated carbocycles. The van der Waals surface area contributed by atoms with E-state index < -0.39 is 0 Å². The summed E-state index contributed by atoms with van der Waals surface area (Å²) in [6, 6.07) is 6.05. The van der Waals surface area contributed by atoms with Crippen molar-refractivity contribution < 1.29 is 9.53 Å². The van der Waals surface area contributed by atoms with Crippen molar-refractivity contribution in [2.24, 2.45) is 5.92 Å². The number of carbonyl (C=O) groups is 1. The Balaban J connectivity index is 1.96. The van der Waals surface area contributed by atoms with Gasteiger partial charge in [0.25, 0.3) is 0 Å². The van der Waals surface area contributed by atoms with Crippen molar-refractivity contribution in [2.75, 3.05) is 12.4 Å². The number of methoxy groups -OCH3 is 1. The molecule has 126 valence electrons. The fourth-order valence-electron chi connectivity index (χ4n) is 2.88. The molecule has 0 fully saturated rings. The minimum absolute atomic E-state index is 0.00389. The molecule has 0 saturated heterocycles. The molecule has 1 heterocycles. The molecule has 1 atom stereocenters. The number of carbonyl (C=O) groups excluding carboxylic acids is 1. The van der Waals surface area contributed by atoms with E-state index in [-0.39, 0.29) is 11.8 Å². The van der Waals surface area contributed by atoms with E-state index in [0.717, 1.165) is 47.7 Å². The van der Waals surface area contributed by atoms with Crippen LogP contribution >= 0.6 is 0 Å². The summed E-state index contributed by atoms with van der Waals surface area (Å²) < 4.78 is 5.30. The number of nitrogens with one attached hydrogen (secondary N) is 1. The molecular formula is C19H23N3O2. The van der Waals surface area contributed by atoms with Crippen LogP contribution in [-0.4, -0.2) is 23.0 Å². The highest BCUT2D eigenvalue weighted by Crippen LogP contribution is 2.34. The number of aromatic nitrogens is 2. The second-order valence-corrected chi connectivity index (χ2v) is 6.27. The number of hydrogen-bond acceptors (Lipinski definition) is 4. The lowest BCUT2D eigenvalue weighted by Crippen LogP contribution is -2.22. The summed E-state index contributed by atoms with van der Waals surface area (Å²) in [6.07, 6.45) is 2.52. The average Bonchev–Trinajstić information content (AvgIpc) is 2.61. The number of nitrogens with zero attached hydrogens (tertiary/aromatic N) is 2. The zero-order chi connectivity index (χ0) is 17.3. The van der Waals surface area contributed by atoms with Gasteiger partial charge in [-0.3, -0.25) is 4.79 Å². The Labute approximate surface area is 142 Å². The molecule has 5 heteroatoms. The lowest BCUT2D eigenvalue weighted by molar-refractivity contribution is -0.119. The smallest absolute Gasteiger partial charge is 0.228 e. The number of hydrogen-bond donors (Lipinski definition) is 1. The quantitative estimate of drug-likeness (QED) is 0.934. The van der Waals surface area contributed by atoms with Crippen molar-refractivity contribution in [1.29, 1.82) is 0 Å². The third-order valence-electron chi connectivity index (χ3n) is 4.64. The van der Waals surface area contributed by atoms with E-state index >= 15 is 0 Å². The molecule has 1 amide bonds. The van der Waals surface area contributed by atoms with Crippen LogP contribution in [0.2, 0.25) is 0 Å². The Morgan fingerprint density at radius 3 is 2.83 bits per heavy atom. The summed E-state index contributed by atoms with van der Waals surface area (Å²) in [7, 11) is 1.68. The van der Waals surface area contributed by atoms with Crippen LogP contribution in [0.1, 0.15) is 37.2 Å². The van der Waals surface area contributed by atoms with E-state index in [1.807, 2.05) is 32.9 Å². The van der Waals surface area contributed by atoms with Gasteiger partial charge in [-0.15, -0.1) is 0 Å². The van der Waals surface area contributed by atoms with Gasteiger partial charge in [0.15, 0.2) is 5.82 Å². The van der Waals surface area contributed by atoms with Crippen LogP contribution in [0.5, 0.6) is 5.75 Å².